The van der Waals surface area contributed by atoms with Crippen molar-refractivity contribution in [1.82, 2.24) is 10.3 Å². The number of thioether (sulfide) groups is 1. The largest absolute Gasteiger partial charge is 0.350 e. The molecule has 5 heteroatoms. The van der Waals surface area contributed by atoms with E-state index in [1.165, 1.54) is 0 Å². The topological polar surface area (TPSA) is 28.2 Å². The summed E-state index contributed by atoms with van der Waals surface area (Å²) in [4.78, 5) is 6.34. The fourth-order valence-corrected chi connectivity index (χ4v) is 3.33. The summed E-state index contributed by atoms with van der Waals surface area (Å²) < 4.78 is 14.4. The molecule has 1 aliphatic heterocycles. The van der Waals surface area contributed by atoms with Crippen LogP contribution in [0.2, 0.25) is 0 Å². The van der Waals surface area contributed by atoms with Crippen LogP contribution in [0.4, 0.5) is 10.2 Å². The highest BCUT2D eigenvalue weighted by molar-refractivity contribution is 8.00. The van der Waals surface area contributed by atoms with Gasteiger partial charge < -0.3 is 10.2 Å². The molecule has 18 heavy (non-hydrogen) atoms. The Morgan fingerprint density at radius 1 is 1.56 bits per heavy atom. The molecule has 1 saturated heterocycles. The first-order valence-electron chi connectivity index (χ1n) is 6.31. The normalized spacial score (nSPS) is 24.3. The van der Waals surface area contributed by atoms with Crippen molar-refractivity contribution >= 4 is 17.6 Å². The van der Waals surface area contributed by atoms with Crippen molar-refractivity contribution in [3.8, 4) is 0 Å². The third-order valence-electron chi connectivity index (χ3n) is 3.47. The molecule has 0 radical (unpaired) electrons. The van der Waals surface area contributed by atoms with Crippen molar-refractivity contribution in [3.63, 3.8) is 0 Å². The Balaban J connectivity index is 2.29. The van der Waals surface area contributed by atoms with Gasteiger partial charge in [-0.05, 0) is 20.0 Å². The molecule has 2 rings (SSSR count). The lowest BCUT2D eigenvalue weighted by molar-refractivity contribution is 0.558. The molecular weight excluding hydrogens is 249 g/mol. The highest BCUT2D eigenvalue weighted by Crippen LogP contribution is 2.30. The monoisotopic (exact) mass is 269 g/mol. The van der Waals surface area contributed by atoms with E-state index in [-0.39, 0.29) is 5.82 Å². The summed E-state index contributed by atoms with van der Waals surface area (Å²) >= 11 is 1.94. The van der Waals surface area contributed by atoms with Gasteiger partial charge in [0.25, 0.3) is 0 Å². The zero-order valence-electron chi connectivity index (χ0n) is 11.1. The van der Waals surface area contributed by atoms with Crippen molar-refractivity contribution in [2.24, 2.45) is 0 Å². The average Bonchev–Trinajstić information content (AvgIpc) is 2.36. The molecule has 3 nitrogen and oxygen atoms in total. The first kappa shape index (κ1) is 13.6. The number of aromatic nitrogens is 1. The molecule has 1 N–H and O–H groups in total. The van der Waals surface area contributed by atoms with Gasteiger partial charge in [0.1, 0.15) is 0 Å². The Labute approximate surface area is 112 Å². The molecule has 0 amide bonds. The summed E-state index contributed by atoms with van der Waals surface area (Å²) in [5, 5.41) is 3.49. The molecule has 100 valence electrons. The zero-order valence-corrected chi connectivity index (χ0v) is 11.9. The maximum atomic E-state index is 14.4. The lowest BCUT2D eigenvalue weighted by Gasteiger charge is -2.38. The standard InChI is InChI=1S/C13H20FN3S/c1-9-10(2)18-7-6-17(9)13-12(14)11(8-15-3)4-5-16-13/h4-5,9-10,15H,6-8H2,1-3H3. The van der Waals surface area contributed by atoms with Gasteiger partial charge in [-0.25, -0.2) is 9.37 Å². The number of pyridine rings is 1. The number of hydrogen-bond donors (Lipinski definition) is 1. The molecule has 2 unspecified atom stereocenters. The number of hydrogen-bond acceptors (Lipinski definition) is 4. The SMILES string of the molecule is CNCc1ccnc(N2CCSC(C)C2C)c1F. The Morgan fingerprint density at radius 3 is 3.06 bits per heavy atom. The first-order chi connectivity index (χ1) is 8.65. The van der Waals surface area contributed by atoms with Crippen LogP contribution < -0.4 is 10.2 Å². The highest BCUT2D eigenvalue weighted by Gasteiger charge is 2.28. The second-order valence-corrected chi connectivity index (χ2v) is 6.13. The van der Waals surface area contributed by atoms with E-state index in [9.17, 15) is 4.39 Å². The van der Waals surface area contributed by atoms with Crippen LogP contribution >= 0.6 is 11.8 Å². The van der Waals surface area contributed by atoms with Gasteiger partial charge in [0.15, 0.2) is 11.6 Å². The van der Waals surface area contributed by atoms with E-state index in [2.05, 4.69) is 29.0 Å². The number of rotatable bonds is 3. The van der Waals surface area contributed by atoms with E-state index in [1.54, 1.807) is 12.3 Å². The Hall–Kier alpha value is -0.810. The highest BCUT2D eigenvalue weighted by atomic mass is 32.2. The van der Waals surface area contributed by atoms with Crippen LogP contribution in [-0.4, -0.2) is 35.6 Å². The smallest absolute Gasteiger partial charge is 0.170 e. The van der Waals surface area contributed by atoms with Gasteiger partial charge in [-0.1, -0.05) is 6.92 Å². The van der Waals surface area contributed by atoms with Crippen LogP contribution in [-0.2, 0) is 6.54 Å². The van der Waals surface area contributed by atoms with Crippen LogP contribution in [0.3, 0.4) is 0 Å². The fraction of sp³-hybridized carbons (Fsp3) is 0.615. The first-order valence-corrected chi connectivity index (χ1v) is 7.36. The molecule has 1 aromatic rings. The van der Waals surface area contributed by atoms with E-state index < -0.39 is 0 Å². The van der Waals surface area contributed by atoms with E-state index >= 15 is 0 Å². The maximum Gasteiger partial charge on any atom is 0.170 e. The number of nitrogens with one attached hydrogen (secondary N) is 1. The van der Waals surface area contributed by atoms with Gasteiger partial charge in [0.05, 0.1) is 0 Å². The van der Waals surface area contributed by atoms with Crippen molar-refractivity contribution in [2.75, 3.05) is 24.2 Å². The maximum absolute atomic E-state index is 14.4. The summed E-state index contributed by atoms with van der Waals surface area (Å²) in [6.07, 6.45) is 1.70. The number of anilines is 1. The molecule has 0 aliphatic carbocycles. The lowest BCUT2D eigenvalue weighted by Crippen LogP contribution is -2.45. The minimum absolute atomic E-state index is 0.183. The number of nitrogens with zero attached hydrogens (tertiary/aromatic N) is 2. The fourth-order valence-electron chi connectivity index (χ4n) is 2.23. The minimum atomic E-state index is -0.183. The van der Waals surface area contributed by atoms with Crippen molar-refractivity contribution in [1.29, 1.82) is 0 Å². The van der Waals surface area contributed by atoms with Crippen LogP contribution in [0.5, 0.6) is 0 Å². The van der Waals surface area contributed by atoms with E-state index in [0.717, 1.165) is 12.3 Å². The Kier molecular flexibility index (Phi) is 4.45. The molecular formula is C13H20FN3S. The summed E-state index contributed by atoms with van der Waals surface area (Å²) in [7, 11) is 1.82. The van der Waals surface area contributed by atoms with Gasteiger partial charge in [0.2, 0.25) is 0 Å². The van der Waals surface area contributed by atoms with Gasteiger partial charge in [0, 0.05) is 41.9 Å². The van der Waals surface area contributed by atoms with E-state index in [0.29, 0.717) is 29.2 Å². The molecule has 0 bridgehead atoms. The van der Waals surface area contributed by atoms with E-state index in [4.69, 9.17) is 0 Å². The third kappa shape index (κ3) is 2.62. The summed E-state index contributed by atoms with van der Waals surface area (Å²) in [6.45, 7) is 5.73. The quantitative estimate of drug-likeness (QED) is 0.911. The minimum Gasteiger partial charge on any atom is -0.350 e. The second kappa shape index (κ2) is 5.89. The van der Waals surface area contributed by atoms with Crippen molar-refractivity contribution < 1.29 is 4.39 Å². The van der Waals surface area contributed by atoms with Crippen molar-refractivity contribution in [2.45, 2.75) is 31.7 Å². The van der Waals surface area contributed by atoms with Crippen LogP contribution in [0, 0.1) is 5.82 Å². The lowest BCUT2D eigenvalue weighted by atomic mass is 10.1. The molecule has 0 aromatic carbocycles. The van der Waals surface area contributed by atoms with Crippen LogP contribution in [0.15, 0.2) is 12.3 Å². The summed E-state index contributed by atoms with van der Waals surface area (Å²) in [5.74, 6) is 1.35. The Morgan fingerprint density at radius 2 is 2.33 bits per heavy atom. The molecule has 2 heterocycles. The Bertz CT molecular complexity index is 413. The molecule has 0 saturated carbocycles. The average molecular weight is 269 g/mol. The van der Waals surface area contributed by atoms with Crippen molar-refractivity contribution in [3.05, 3.63) is 23.6 Å². The van der Waals surface area contributed by atoms with Crippen LogP contribution in [0.1, 0.15) is 19.4 Å². The number of halogens is 1. The predicted octanol–water partition coefficient (Wildman–Crippen LogP) is 2.27. The molecule has 2 atom stereocenters. The molecule has 1 fully saturated rings. The van der Waals surface area contributed by atoms with Gasteiger partial charge in [-0.2, -0.15) is 11.8 Å². The zero-order chi connectivity index (χ0) is 13.1. The van der Waals surface area contributed by atoms with Gasteiger partial charge in [-0.3, -0.25) is 0 Å². The molecule has 0 spiro atoms. The van der Waals surface area contributed by atoms with Gasteiger partial charge in [-0.15, -0.1) is 0 Å². The third-order valence-corrected chi connectivity index (χ3v) is 4.81. The van der Waals surface area contributed by atoms with E-state index in [1.807, 2.05) is 18.8 Å². The van der Waals surface area contributed by atoms with Crippen LogP contribution in [0.25, 0.3) is 0 Å². The summed E-state index contributed by atoms with van der Waals surface area (Å²) in [5.41, 5.74) is 0.681. The summed E-state index contributed by atoms with van der Waals surface area (Å²) in [6, 6.07) is 2.05. The second-order valence-electron chi connectivity index (χ2n) is 4.65. The van der Waals surface area contributed by atoms with Gasteiger partial charge >= 0.3 is 0 Å². The molecule has 1 aliphatic rings. The molecule has 1 aromatic heterocycles. The predicted molar refractivity (Wildman–Crippen MR) is 75.7 cm³/mol.